The number of benzene rings is 2. The summed E-state index contributed by atoms with van der Waals surface area (Å²) in [7, 11) is 0. The highest BCUT2D eigenvalue weighted by atomic mass is 32.1. The Bertz CT molecular complexity index is 1190. The number of aryl methyl sites for hydroxylation is 1. The van der Waals surface area contributed by atoms with Crippen molar-refractivity contribution in [3.8, 4) is 11.5 Å². The molecule has 1 unspecified atom stereocenters. The van der Waals surface area contributed by atoms with Gasteiger partial charge in [0.05, 0.1) is 12.6 Å². The van der Waals surface area contributed by atoms with Crippen LogP contribution in [0, 0.1) is 24.5 Å². The molecule has 0 amide bonds. The summed E-state index contributed by atoms with van der Waals surface area (Å²) >= 11 is 1.07. The van der Waals surface area contributed by atoms with E-state index >= 15 is 0 Å². The highest BCUT2D eigenvalue weighted by Crippen LogP contribution is 2.31. The molecule has 3 rings (SSSR count). The summed E-state index contributed by atoms with van der Waals surface area (Å²) in [6, 6.07) is 8.21. The molecular formula is C22H24F2N4O3S. The van der Waals surface area contributed by atoms with Crippen molar-refractivity contribution in [2.45, 2.75) is 26.8 Å². The molecule has 0 saturated carbocycles. The maximum atomic E-state index is 13.9. The fourth-order valence-electron chi connectivity index (χ4n) is 2.92. The fraction of sp³-hybridized carbons (Fsp3) is 0.273. The molecule has 1 heterocycles. The van der Waals surface area contributed by atoms with Gasteiger partial charge in [0, 0.05) is 5.69 Å². The van der Waals surface area contributed by atoms with Gasteiger partial charge in [0.1, 0.15) is 22.1 Å². The second-order valence-corrected chi connectivity index (χ2v) is 8.32. The van der Waals surface area contributed by atoms with Crippen molar-refractivity contribution in [1.29, 1.82) is 0 Å². The Morgan fingerprint density at radius 1 is 1.31 bits per heavy atom. The van der Waals surface area contributed by atoms with E-state index in [1.165, 1.54) is 12.1 Å². The third-order valence-corrected chi connectivity index (χ3v) is 5.61. The van der Waals surface area contributed by atoms with Gasteiger partial charge < -0.3 is 20.9 Å². The Hall–Kier alpha value is -3.24. The first kappa shape index (κ1) is 23.4. The van der Waals surface area contributed by atoms with Crippen LogP contribution in [0.3, 0.4) is 0 Å². The number of aliphatic hydroxyl groups excluding tert-OH is 1. The van der Waals surface area contributed by atoms with Crippen molar-refractivity contribution < 1.29 is 18.6 Å². The van der Waals surface area contributed by atoms with Crippen molar-refractivity contribution in [2.75, 3.05) is 11.9 Å². The van der Waals surface area contributed by atoms with Crippen LogP contribution in [0.1, 0.15) is 25.0 Å². The van der Waals surface area contributed by atoms with Crippen LogP contribution in [-0.2, 0) is 0 Å². The second kappa shape index (κ2) is 9.92. The lowest BCUT2D eigenvalue weighted by atomic mass is 10.1. The van der Waals surface area contributed by atoms with E-state index in [2.05, 4.69) is 14.7 Å². The summed E-state index contributed by atoms with van der Waals surface area (Å²) in [6.07, 6.45) is 0. The molecule has 1 atom stereocenters. The van der Waals surface area contributed by atoms with Crippen LogP contribution >= 0.6 is 11.5 Å². The average Bonchev–Trinajstić information content (AvgIpc) is 3.11. The van der Waals surface area contributed by atoms with Crippen LogP contribution in [0.5, 0.6) is 11.5 Å². The first-order chi connectivity index (χ1) is 15.2. The number of halogens is 2. The molecule has 0 aliphatic carbocycles. The molecule has 7 nitrogen and oxygen atoms in total. The third-order valence-electron chi connectivity index (χ3n) is 4.81. The maximum absolute atomic E-state index is 13.9. The van der Waals surface area contributed by atoms with Gasteiger partial charge in [-0.3, -0.25) is 14.2 Å². The number of anilines is 2. The largest absolute Gasteiger partial charge is 0.454 e. The topological polar surface area (TPSA) is 113 Å². The van der Waals surface area contributed by atoms with Gasteiger partial charge in [-0.25, -0.2) is 4.39 Å². The number of ether oxygens (including phenoxy) is 1. The Morgan fingerprint density at radius 3 is 2.72 bits per heavy atom. The molecule has 0 saturated heterocycles. The molecule has 0 fully saturated rings. The van der Waals surface area contributed by atoms with Gasteiger partial charge in [-0.05, 0) is 60.3 Å². The first-order valence-corrected chi connectivity index (χ1v) is 10.7. The van der Waals surface area contributed by atoms with Gasteiger partial charge in [0.15, 0.2) is 11.6 Å². The highest BCUT2D eigenvalue weighted by Gasteiger charge is 2.19. The summed E-state index contributed by atoms with van der Waals surface area (Å²) in [6.45, 7) is 5.41. The molecule has 1 aromatic heterocycles. The number of amidine groups is 1. The number of nitrogens with zero attached hydrogens (tertiary/aromatic N) is 1. The number of H-pyrrole nitrogens is 1. The lowest BCUT2D eigenvalue weighted by Gasteiger charge is -2.15. The predicted octanol–water partition coefficient (Wildman–Crippen LogP) is 4.28. The highest BCUT2D eigenvalue weighted by molar-refractivity contribution is 7.10. The van der Waals surface area contributed by atoms with Crippen LogP contribution in [0.15, 0.2) is 46.2 Å². The minimum absolute atomic E-state index is 0.0296. The standard InChI is InChI=1S/C22H24F2N4O3S/c1-11(2)16(10-29)26-20(25)18-21(30)28-32-22(18)27-15-8-7-13(9-12(15)3)31-17-6-4-5-14(23)19(17)24/h4-9,11,16,27,29H,10H2,1-3H3,(H2,25,26)(H,28,30). The van der Waals surface area contributed by atoms with E-state index < -0.39 is 23.2 Å². The Balaban J connectivity index is 1.85. The van der Waals surface area contributed by atoms with Crippen LogP contribution < -0.4 is 21.3 Å². The van der Waals surface area contributed by atoms with E-state index in [1.54, 1.807) is 25.1 Å². The number of aromatic amines is 1. The smallest absolute Gasteiger partial charge is 0.271 e. The second-order valence-electron chi connectivity index (χ2n) is 7.50. The molecule has 5 N–H and O–H groups in total. The molecule has 0 bridgehead atoms. The van der Waals surface area contributed by atoms with Crippen molar-refractivity contribution in [3.05, 3.63) is 69.5 Å². The van der Waals surface area contributed by atoms with E-state index in [-0.39, 0.29) is 29.7 Å². The molecule has 170 valence electrons. The van der Waals surface area contributed by atoms with E-state index in [4.69, 9.17) is 10.5 Å². The predicted molar refractivity (Wildman–Crippen MR) is 122 cm³/mol. The molecule has 0 spiro atoms. The Morgan fingerprint density at radius 2 is 2.06 bits per heavy atom. The van der Waals surface area contributed by atoms with Crippen LogP contribution in [0.25, 0.3) is 0 Å². The number of rotatable bonds is 8. The van der Waals surface area contributed by atoms with Gasteiger partial charge in [-0.15, -0.1) is 0 Å². The van der Waals surface area contributed by atoms with Crippen LogP contribution in [0.2, 0.25) is 0 Å². The zero-order valence-electron chi connectivity index (χ0n) is 17.8. The van der Waals surface area contributed by atoms with Crippen molar-refractivity contribution in [1.82, 2.24) is 4.37 Å². The van der Waals surface area contributed by atoms with Gasteiger partial charge >= 0.3 is 0 Å². The van der Waals surface area contributed by atoms with E-state index in [1.807, 2.05) is 13.8 Å². The fourth-order valence-corrected chi connectivity index (χ4v) is 3.68. The number of aromatic nitrogens is 1. The summed E-state index contributed by atoms with van der Waals surface area (Å²) in [5, 5.41) is 13.1. The zero-order chi connectivity index (χ0) is 23.4. The van der Waals surface area contributed by atoms with E-state index in [0.717, 1.165) is 23.2 Å². The third kappa shape index (κ3) is 5.14. The summed E-state index contributed by atoms with van der Waals surface area (Å²) in [5.74, 6) is -1.88. The van der Waals surface area contributed by atoms with Gasteiger partial charge in [-0.1, -0.05) is 19.9 Å². The number of nitrogens with two attached hydrogens (primary N) is 1. The lowest BCUT2D eigenvalue weighted by molar-refractivity contribution is 0.240. The number of hydrogen-bond acceptors (Lipinski definition) is 6. The number of aliphatic hydroxyl groups is 1. The number of aliphatic imine (C=N–C) groups is 1. The average molecular weight is 463 g/mol. The summed E-state index contributed by atoms with van der Waals surface area (Å²) in [5.41, 5.74) is 7.27. The molecule has 10 heteroatoms. The molecule has 2 aromatic carbocycles. The van der Waals surface area contributed by atoms with Crippen LogP contribution in [0.4, 0.5) is 19.5 Å². The Kier molecular flexibility index (Phi) is 7.26. The van der Waals surface area contributed by atoms with E-state index in [9.17, 15) is 18.7 Å². The summed E-state index contributed by atoms with van der Waals surface area (Å²) in [4.78, 5) is 16.6. The molecule has 0 radical (unpaired) electrons. The van der Waals surface area contributed by atoms with Gasteiger partial charge in [0.25, 0.3) is 5.56 Å². The lowest BCUT2D eigenvalue weighted by Crippen LogP contribution is -2.27. The quantitative estimate of drug-likeness (QED) is 0.295. The van der Waals surface area contributed by atoms with Crippen molar-refractivity contribution >= 4 is 28.1 Å². The van der Waals surface area contributed by atoms with Gasteiger partial charge in [0.2, 0.25) is 5.82 Å². The SMILES string of the molecule is Cc1cc(Oc2cccc(F)c2F)ccc1Nc1s[nH]c(=O)c1C(N)=NC(CO)C(C)C. The van der Waals surface area contributed by atoms with Crippen LogP contribution in [-0.4, -0.2) is 28.0 Å². The number of hydrogen-bond donors (Lipinski definition) is 4. The number of nitrogens with one attached hydrogen (secondary N) is 2. The van der Waals surface area contributed by atoms with Gasteiger partial charge in [-0.2, -0.15) is 4.39 Å². The molecule has 0 aliphatic heterocycles. The van der Waals surface area contributed by atoms with Crippen molar-refractivity contribution in [3.63, 3.8) is 0 Å². The maximum Gasteiger partial charge on any atom is 0.271 e. The molecule has 32 heavy (non-hydrogen) atoms. The molecular weight excluding hydrogens is 438 g/mol. The Labute approximate surface area is 187 Å². The minimum Gasteiger partial charge on any atom is -0.454 e. The monoisotopic (exact) mass is 462 g/mol. The van der Waals surface area contributed by atoms with E-state index in [0.29, 0.717) is 16.4 Å². The molecule has 0 aliphatic rings. The molecule has 3 aromatic rings. The first-order valence-electron chi connectivity index (χ1n) is 9.86. The minimum atomic E-state index is -1.06. The zero-order valence-corrected chi connectivity index (χ0v) is 18.6. The van der Waals surface area contributed by atoms with Crippen molar-refractivity contribution in [2.24, 2.45) is 16.6 Å². The summed E-state index contributed by atoms with van der Waals surface area (Å²) < 4.78 is 35.3. The normalized spacial score (nSPS) is 12.8.